The quantitative estimate of drug-likeness (QED) is 0.619. The average molecular weight is 265 g/mol. The van der Waals surface area contributed by atoms with Gasteiger partial charge in [-0.2, -0.15) is 0 Å². The molecule has 2 aromatic carbocycles. The summed E-state index contributed by atoms with van der Waals surface area (Å²) in [7, 11) is 0. The van der Waals surface area contributed by atoms with Gasteiger partial charge in [-0.05, 0) is 53.0 Å². The highest BCUT2D eigenvalue weighted by Crippen LogP contribution is 2.45. The van der Waals surface area contributed by atoms with Crippen LogP contribution in [0.25, 0.3) is 10.8 Å². The maximum absolute atomic E-state index is 4.14. The predicted molar refractivity (Wildman–Crippen MR) is 87.9 cm³/mol. The predicted octanol–water partition coefficient (Wildman–Crippen LogP) is 5.76. The average Bonchev–Trinajstić information content (AvgIpc) is 2.86. The molecule has 1 saturated carbocycles. The monoisotopic (exact) mass is 265 g/mol. The molecule has 0 aliphatic heterocycles. The van der Waals surface area contributed by atoms with Crippen LogP contribution in [-0.2, 0) is 6.42 Å². The van der Waals surface area contributed by atoms with Gasteiger partial charge in [-0.1, -0.05) is 50.2 Å². The van der Waals surface area contributed by atoms with Crippen LogP contribution in [0.1, 0.15) is 50.2 Å². The lowest BCUT2D eigenvalue weighted by atomic mass is 9.88. The molecule has 0 nitrogen and oxygen atoms in total. The van der Waals surface area contributed by atoms with Gasteiger partial charge in [0, 0.05) is 5.92 Å². The van der Waals surface area contributed by atoms with Crippen LogP contribution in [0, 0.1) is 18.8 Å². The number of fused-ring (bicyclic) bond motifs is 1. The molecule has 3 atom stereocenters. The number of hydrogen-bond donors (Lipinski definition) is 0. The number of rotatable bonds is 3. The first-order valence-corrected chi connectivity index (χ1v) is 8.03. The van der Waals surface area contributed by atoms with Crippen LogP contribution in [0.4, 0.5) is 0 Å². The summed E-state index contributed by atoms with van der Waals surface area (Å²) in [6, 6.07) is 13.6. The summed E-state index contributed by atoms with van der Waals surface area (Å²) < 4.78 is 0. The van der Waals surface area contributed by atoms with Crippen molar-refractivity contribution in [1.29, 1.82) is 0 Å². The van der Waals surface area contributed by atoms with Gasteiger partial charge in [0.05, 0.1) is 13.3 Å². The number of aryl methyl sites for hydroxylation is 1. The zero-order chi connectivity index (χ0) is 14.1. The molecular formula is C20H25+. The molecule has 104 valence electrons. The summed E-state index contributed by atoms with van der Waals surface area (Å²) in [4.78, 5) is 0. The second-order valence-electron chi connectivity index (χ2n) is 6.45. The number of hydrogen-bond acceptors (Lipinski definition) is 0. The lowest BCUT2D eigenvalue weighted by Crippen LogP contribution is -2.01. The third-order valence-corrected chi connectivity index (χ3v) is 5.25. The third kappa shape index (κ3) is 2.32. The van der Waals surface area contributed by atoms with E-state index in [0.717, 1.165) is 30.6 Å². The molecule has 0 amide bonds. The van der Waals surface area contributed by atoms with Gasteiger partial charge in [-0.25, -0.2) is 0 Å². The van der Waals surface area contributed by atoms with Crippen LogP contribution >= 0.6 is 0 Å². The molecule has 0 heteroatoms. The molecule has 1 fully saturated rings. The fourth-order valence-corrected chi connectivity index (χ4v) is 3.98. The van der Waals surface area contributed by atoms with Gasteiger partial charge in [0.25, 0.3) is 0 Å². The molecule has 1 aliphatic rings. The Morgan fingerprint density at radius 2 is 1.80 bits per heavy atom. The van der Waals surface area contributed by atoms with Gasteiger partial charge in [-0.3, -0.25) is 0 Å². The van der Waals surface area contributed by atoms with E-state index in [-0.39, 0.29) is 0 Å². The van der Waals surface area contributed by atoms with E-state index < -0.39 is 0 Å². The van der Waals surface area contributed by atoms with E-state index in [1.165, 1.54) is 23.6 Å². The molecular weight excluding hydrogens is 240 g/mol. The first kappa shape index (κ1) is 13.5. The van der Waals surface area contributed by atoms with Crippen LogP contribution in [-0.4, -0.2) is 0 Å². The second kappa shape index (κ2) is 5.52. The topological polar surface area (TPSA) is 0 Å². The molecule has 0 spiro atoms. The van der Waals surface area contributed by atoms with Gasteiger partial charge in [0.1, 0.15) is 0 Å². The van der Waals surface area contributed by atoms with Gasteiger partial charge in [0.2, 0.25) is 0 Å². The minimum atomic E-state index is 0.747. The van der Waals surface area contributed by atoms with Crippen molar-refractivity contribution in [2.24, 2.45) is 11.8 Å². The van der Waals surface area contributed by atoms with Crippen LogP contribution < -0.4 is 0 Å². The SMILES string of the molecule is [CH2+]CC1CC(c2cc3ccccc3cc2CC)CC1C. The van der Waals surface area contributed by atoms with Crippen LogP contribution in [0.3, 0.4) is 0 Å². The summed E-state index contributed by atoms with van der Waals surface area (Å²) in [5, 5.41) is 2.78. The molecule has 0 N–H and O–H groups in total. The van der Waals surface area contributed by atoms with Gasteiger partial charge in [0.15, 0.2) is 0 Å². The highest BCUT2D eigenvalue weighted by atomic mass is 14.4. The Bertz CT molecular complexity index is 596. The molecule has 3 unspecified atom stereocenters. The molecule has 0 bridgehead atoms. The van der Waals surface area contributed by atoms with Crippen LogP contribution in [0.2, 0.25) is 0 Å². The van der Waals surface area contributed by atoms with E-state index in [0.29, 0.717) is 0 Å². The molecule has 0 radical (unpaired) electrons. The zero-order valence-corrected chi connectivity index (χ0v) is 12.7. The van der Waals surface area contributed by atoms with E-state index in [4.69, 9.17) is 0 Å². The largest absolute Gasteiger partial charge is 0.0881 e. The minimum absolute atomic E-state index is 0.747. The van der Waals surface area contributed by atoms with E-state index in [2.05, 4.69) is 57.2 Å². The molecule has 1 aliphatic carbocycles. The first-order chi connectivity index (χ1) is 9.72. The Hall–Kier alpha value is -1.43. The highest BCUT2D eigenvalue weighted by molar-refractivity contribution is 5.84. The molecule has 0 aromatic heterocycles. The molecule has 0 heterocycles. The van der Waals surface area contributed by atoms with E-state index in [1.54, 1.807) is 11.1 Å². The zero-order valence-electron chi connectivity index (χ0n) is 12.7. The minimum Gasteiger partial charge on any atom is -0.0621 e. The summed E-state index contributed by atoms with van der Waals surface area (Å²) in [6.45, 7) is 8.83. The summed E-state index contributed by atoms with van der Waals surface area (Å²) in [6.07, 6.45) is 4.90. The van der Waals surface area contributed by atoms with E-state index in [1.807, 2.05) is 0 Å². The van der Waals surface area contributed by atoms with Gasteiger partial charge < -0.3 is 0 Å². The molecule has 3 rings (SSSR count). The fraction of sp³-hybridized carbons (Fsp3) is 0.450. The number of benzene rings is 2. The standard InChI is InChI=1S/C20H25/c1-4-15-11-19(10-14(15)3)20-13-18-9-7-6-8-17(18)12-16(20)5-2/h6-9,12-15,19H,1,4-5,10-11H2,2-3H3/q+1. The Kier molecular flexibility index (Phi) is 3.74. The van der Waals surface area contributed by atoms with Crippen molar-refractivity contribution in [1.82, 2.24) is 0 Å². The summed E-state index contributed by atoms with van der Waals surface area (Å²) in [5.74, 6) is 2.39. The first-order valence-electron chi connectivity index (χ1n) is 8.03. The smallest absolute Gasteiger partial charge is 0.0621 e. The summed E-state index contributed by atoms with van der Waals surface area (Å²) >= 11 is 0. The van der Waals surface area contributed by atoms with Crippen molar-refractivity contribution in [3.05, 3.63) is 54.4 Å². The maximum Gasteiger partial charge on any atom is 0.0881 e. The van der Waals surface area contributed by atoms with E-state index >= 15 is 0 Å². The Morgan fingerprint density at radius 3 is 2.40 bits per heavy atom. The second-order valence-corrected chi connectivity index (χ2v) is 6.45. The van der Waals surface area contributed by atoms with Crippen molar-refractivity contribution in [3.8, 4) is 0 Å². The van der Waals surface area contributed by atoms with Crippen molar-refractivity contribution < 1.29 is 0 Å². The van der Waals surface area contributed by atoms with Gasteiger partial charge >= 0.3 is 0 Å². The van der Waals surface area contributed by atoms with Crippen molar-refractivity contribution in [2.45, 2.75) is 45.4 Å². The molecule has 2 aromatic rings. The Balaban J connectivity index is 2.02. The van der Waals surface area contributed by atoms with Gasteiger partial charge in [-0.15, -0.1) is 0 Å². The molecule has 20 heavy (non-hydrogen) atoms. The van der Waals surface area contributed by atoms with Crippen molar-refractivity contribution >= 4 is 10.8 Å². The molecule has 0 saturated heterocycles. The van der Waals surface area contributed by atoms with Crippen molar-refractivity contribution in [2.75, 3.05) is 0 Å². The third-order valence-electron chi connectivity index (χ3n) is 5.25. The Morgan fingerprint density at radius 1 is 1.10 bits per heavy atom. The van der Waals surface area contributed by atoms with E-state index in [9.17, 15) is 0 Å². The fourth-order valence-electron chi connectivity index (χ4n) is 3.98. The lowest BCUT2D eigenvalue weighted by molar-refractivity contribution is 0.422. The highest BCUT2D eigenvalue weighted by Gasteiger charge is 2.33. The maximum atomic E-state index is 4.14. The normalized spacial score (nSPS) is 26.2. The summed E-state index contributed by atoms with van der Waals surface area (Å²) in [5.41, 5.74) is 3.15. The Labute approximate surface area is 123 Å². The van der Waals surface area contributed by atoms with Crippen LogP contribution in [0.15, 0.2) is 36.4 Å². The van der Waals surface area contributed by atoms with Crippen LogP contribution in [0.5, 0.6) is 0 Å². The van der Waals surface area contributed by atoms with Crippen molar-refractivity contribution in [3.63, 3.8) is 0 Å². The lowest BCUT2D eigenvalue weighted by Gasteiger charge is -2.16.